The Labute approximate surface area is 172 Å². The molecule has 2 aromatic carbocycles. The van der Waals surface area contributed by atoms with E-state index in [2.05, 4.69) is 4.72 Å². The van der Waals surface area contributed by atoms with Crippen LogP contribution in [0.1, 0.15) is 25.0 Å². The van der Waals surface area contributed by atoms with Crippen LogP contribution < -0.4 is 4.72 Å². The average Bonchev–Trinajstić information content (AvgIpc) is 3.04. The molecule has 3 rings (SSSR count). The molecule has 6 nitrogen and oxygen atoms in total. The Hall–Kier alpha value is -2.80. The Balaban J connectivity index is 1.85. The number of hydrogen-bond donors (Lipinski definition) is 1. The first-order chi connectivity index (χ1) is 13.7. The number of aryl methyl sites for hydroxylation is 2. The predicted molar refractivity (Wildman–Crippen MR) is 117 cm³/mol. The second-order valence-corrected chi connectivity index (χ2v) is 8.81. The molecule has 0 bridgehead atoms. The van der Waals surface area contributed by atoms with Crippen LogP contribution >= 0.6 is 0 Å². The topological polar surface area (TPSA) is 71.4 Å². The van der Waals surface area contributed by atoms with Gasteiger partial charge in [0.2, 0.25) is 5.91 Å². The molecule has 1 heterocycles. The summed E-state index contributed by atoms with van der Waals surface area (Å²) in [4.78, 5) is 14.5. The molecular formula is C22H27N3O3S. The molecule has 7 heteroatoms. The highest BCUT2D eigenvalue weighted by molar-refractivity contribution is 7.92. The second-order valence-electron chi connectivity index (χ2n) is 7.16. The van der Waals surface area contributed by atoms with Crippen molar-refractivity contribution in [1.29, 1.82) is 0 Å². The van der Waals surface area contributed by atoms with E-state index in [1.165, 1.54) is 0 Å². The van der Waals surface area contributed by atoms with Gasteiger partial charge >= 0.3 is 0 Å². The lowest BCUT2D eigenvalue weighted by molar-refractivity contribution is -0.131. The maximum atomic E-state index is 12.8. The van der Waals surface area contributed by atoms with E-state index in [1.807, 2.05) is 49.7 Å². The zero-order valence-corrected chi connectivity index (χ0v) is 18.1. The lowest BCUT2D eigenvalue weighted by atomic mass is 10.2. The Morgan fingerprint density at radius 3 is 2.41 bits per heavy atom. The number of carbonyl (C=O) groups excluding carboxylic acids is 1. The molecule has 0 fully saturated rings. The molecule has 29 heavy (non-hydrogen) atoms. The highest BCUT2D eigenvalue weighted by Crippen LogP contribution is 2.24. The van der Waals surface area contributed by atoms with Gasteiger partial charge in [-0.25, -0.2) is 8.42 Å². The fraction of sp³-hybridized carbons (Fsp3) is 0.318. The van der Waals surface area contributed by atoms with Gasteiger partial charge in [-0.1, -0.05) is 17.7 Å². The summed E-state index contributed by atoms with van der Waals surface area (Å²) >= 11 is 0. The molecule has 3 aromatic rings. The Bertz CT molecular complexity index is 1150. The Morgan fingerprint density at radius 1 is 1.03 bits per heavy atom. The molecule has 0 aliphatic heterocycles. The van der Waals surface area contributed by atoms with Gasteiger partial charge in [-0.2, -0.15) is 0 Å². The third-order valence-electron chi connectivity index (χ3n) is 5.06. The number of sulfonamides is 1. The molecule has 0 unspecified atom stereocenters. The summed E-state index contributed by atoms with van der Waals surface area (Å²) in [5, 5.41) is 0.873. The van der Waals surface area contributed by atoms with Crippen molar-refractivity contribution in [3.05, 3.63) is 59.8 Å². The largest absolute Gasteiger partial charge is 0.342 e. The van der Waals surface area contributed by atoms with E-state index in [1.54, 1.807) is 36.1 Å². The van der Waals surface area contributed by atoms with Gasteiger partial charge in [0.1, 0.15) is 6.54 Å². The SMILES string of the molecule is CCN(CC)C(=O)Cn1ccc2cc(NS(=O)(=O)c3ccc(C)cc3C)ccc21. The van der Waals surface area contributed by atoms with E-state index in [0.29, 0.717) is 24.3 Å². The Morgan fingerprint density at radius 2 is 1.76 bits per heavy atom. The number of nitrogens with one attached hydrogen (secondary N) is 1. The van der Waals surface area contributed by atoms with E-state index in [9.17, 15) is 13.2 Å². The van der Waals surface area contributed by atoms with Gasteiger partial charge in [0.15, 0.2) is 0 Å². The number of fused-ring (bicyclic) bond motifs is 1. The molecule has 1 aromatic heterocycles. The van der Waals surface area contributed by atoms with E-state index < -0.39 is 10.0 Å². The van der Waals surface area contributed by atoms with Crippen LogP contribution in [0.4, 0.5) is 5.69 Å². The summed E-state index contributed by atoms with van der Waals surface area (Å²) in [6.07, 6.45) is 1.86. The number of carbonyl (C=O) groups is 1. The van der Waals surface area contributed by atoms with Crippen LogP contribution in [0.25, 0.3) is 10.9 Å². The molecule has 0 saturated carbocycles. The van der Waals surface area contributed by atoms with Gasteiger partial charge in [-0.3, -0.25) is 9.52 Å². The summed E-state index contributed by atoms with van der Waals surface area (Å²) in [7, 11) is -3.68. The minimum absolute atomic E-state index is 0.0622. The smallest absolute Gasteiger partial charge is 0.262 e. The van der Waals surface area contributed by atoms with Crippen molar-refractivity contribution in [3.63, 3.8) is 0 Å². The summed E-state index contributed by atoms with van der Waals surface area (Å²) in [5.41, 5.74) is 3.10. The van der Waals surface area contributed by atoms with Crippen LogP contribution in [0.5, 0.6) is 0 Å². The van der Waals surface area contributed by atoms with Gasteiger partial charge in [-0.15, -0.1) is 0 Å². The first-order valence-electron chi connectivity index (χ1n) is 9.72. The minimum atomic E-state index is -3.68. The van der Waals surface area contributed by atoms with E-state index >= 15 is 0 Å². The van der Waals surface area contributed by atoms with Gasteiger partial charge in [0.05, 0.1) is 4.90 Å². The van der Waals surface area contributed by atoms with Gasteiger partial charge in [0.25, 0.3) is 10.0 Å². The van der Waals surface area contributed by atoms with Crippen molar-refractivity contribution in [2.75, 3.05) is 17.8 Å². The van der Waals surface area contributed by atoms with E-state index in [4.69, 9.17) is 0 Å². The zero-order chi connectivity index (χ0) is 21.2. The number of aromatic nitrogens is 1. The fourth-order valence-electron chi connectivity index (χ4n) is 3.53. The molecule has 154 valence electrons. The normalized spacial score (nSPS) is 11.6. The fourth-order valence-corrected chi connectivity index (χ4v) is 4.81. The molecule has 0 aliphatic rings. The molecule has 0 saturated heterocycles. The summed E-state index contributed by atoms with van der Waals surface area (Å²) in [6, 6.07) is 12.5. The number of nitrogens with zero attached hydrogens (tertiary/aromatic N) is 2. The van der Waals surface area contributed by atoms with Crippen LogP contribution in [0, 0.1) is 13.8 Å². The van der Waals surface area contributed by atoms with Gasteiger partial charge < -0.3 is 9.47 Å². The number of hydrogen-bond acceptors (Lipinski definition) is 3. The molecule has 1 amide bonds. The van der Waals surface area contributed by atoms with Crippen LogP contribution in [-0.4, -0.2) is 36.9 Å². The van der Waals surface area contributed by atoms with E-state index in [-0.39, 0.29) is 17.3 Å². The monoisotopic (exact) mass is 413 g/mol. The quantitative estimate of drug-likeness (QED) is 0.638. The van der Waals surface area contributed by atoms with Crippen molar-refractivity contribution < 1.29 is 13.2 Å². The van der Waals surface area contributed by atoms with Crippen LogP contribution in [-0.2, 0) is 21.4 Å². The predicted octanol–water partition coefficient (Wildman–Crippen LogP) is 3.93. The average molecular weight is 414 g/mol. The second kappa shape index (κ2) is 8.29. The number of amides is 1. The summed E-state index contributed by atoms with van der Waals surface area (Å²) in [6.45, 7) is 9.27. The van der Waals surface area contributed by atoms with Gasteiger partial charge in [0, 0.05) is 35.9 Å². The number of likely N-dealkylation sites (N-methyl/N-ethyl adjacent to an activating group) is 1. The minimum Gasteiger partial charge on any atom is -0.342 e. The third kappa shape index (κ3) is 4.45. The lowest BCUT2D eigenvalue weighted by Crippen LogP contribution is -2.33. The lowest BCUT2D eigenvalue weighted by Gasteiger charge is -2.19. The molecule has 1 N–H and O–H groups in total. The maximum Gasteiger partial charge on any atom is 0.262 e. The maximum absolute atomic E-state index is 12.8. The molecule has 0 radical (unpaired) electrons. The molecule has 0 aliphatic carbocycles. The standard InChI is InChI=1S/C22H27N3O3S/c1-5-24(6-2)22(26)15-25-12-11-18-14-19(8-9-20(18)25)23-29(27,28)21-10-7-16(3)13-17(21)4/h7-14,23H,5-6,15H2,1-4H3. The van der Waals surface area contributed by atoms with Crippen LogP contribution in [0.3, 0.4) is 0 Å². The van der Waals surface area contributed by atoms with Crippen molar-refractivity contribution in [2.24, 2.45) is 0 Å². The Kier molecular flexibility index (Phi) is 5.98. The van der Waals surface area contributed by atoms with Crippen molar-refractivity contribution in [1.82, 2.24) is 9.47 Å². The van der Waals surface area contributed by atoms with Crippen LogP contribution in [0.2, 0.25) is 0 Å². The number of anilines is 1. The van der Waals surface area contributed by atoms with Crippen molar-refractivity contribution >= 4 is 32.5 Å². The van der Waals surface area contributed by atoms with Gasteiger partial charge in [-0.05, 0) is 63.6 Å². The first kappa shape index (κ1) is 20.9. The summed E-state index contributed by atoms with van der Waals surface area (Å²) < 4.78 is 30.1. The molecule has 0 spiro atoms. The zero-order valence-electron chi connectivity index (χ0n) is 17.3. The highest BCUT2D eigenvalue weighted by Gasteiger charge is 2.18. The molecular weight excluding hydrogens is 386 g/mol. The first-order valence-corrected chi connectivity index (χ1v) is 11.2. The number of benzene rings is 2. The number of rotatable bonds is 7. The highest BCUT2D eigenvalue weighted by atomic mass is 32.2. The van der Waals surface area contributed by atoms with E-state index in [0.717, 1.165) is 16.5 Å². The van der Waals surface area contributed by atoms with Crippen molar-refractivity contribution in [3.8, 4) is 0 Å². The van der Waals surface area contributed by atoms with Crippen molar-refractivity contribution in [2.45, 2.75) is 39.1 Å². The third-order valence-corrected chi connectivity index (χ3v) is 6.61. The van der Waals surface area contributed by atoms with Crippen LogP contribution in [0.15, 0.2) is 53.6 Å². The molecule has 0 atom stereocenters. The summed E-state index contributed by atoms with van der Waals surface area (Å²) in [5.74, 6) is 0.0622.